The summed E-state index contributed by atoms with van der Waals surface area (Å²) in [6.45, 7) is -7.17. The van der Waals surface area contributed by atoms with Gasteiger partial charge in [0.15, 0.2) is 0 Å². The molecule has 0 spiro atoms. The van der Waals surface area contributed by atoms with Gasteiger partial charge in [-0.05, 0) is 25.7 Å². The van der Waals surface area contributed by atoms with Crippen molar-refractivity contribution in [2.75, 3.05) is 13.0 Å². The first-order valence-electron chi connectivity index (χ1n) is 6.82. The molecule has 0 aliphatic carbocycles. The van der Waals surface area contributed by atoms with Gasteiger partial charge < -0.3 is 5.32 Å². The van der Waals surface area contributed by atoms with Crippen molar-refractivity contribution < 1.29 is 25.5 Å². The molecule has 1 saturated heterocycles. The summed E-state index contributed by atoms with van der Waals surface area (Å²) in [4.78, 5) is 0. The van der Waals surface area contributed by atoms with Crippen molar-refractivity contribution in [1.29, 1.82) is 0 Å². The number of rotatable bonds is 0. The highest BCUT2D eigenvalue weighted by Crippen LogP contribution is 2.31. The SMILES string of the molecule is [2H]C1([2H])NC([2H])([2H])C([2H])([2H])C([2H])(C(F)(F)F)C1([2H])[2H]. The van der Waals surface area contributed by atoms with Gasteiger partial charge in [-0.25, -0.2) is 0 Å². The molecule has 0 unspecified atom stereocenters. The summed E-state index contributed by atoms with van der Waals surface area (Å²) in [6.07, 6.45) is -13.9. The summed E-state index contributed by atoms with van der Waals surface area (Å²) in [5.74, 6) is -4.62. The Morgan fingerprint density at radius 2 is 1.90 bits per heavy atom. The van der Waals surface area contributed by atoms with E-state index in [-0.39, 0.29) is 0 Å². The summed E-state index contributed by atoms with van der Waals surface area (Å²) < 4.78 is 103. The molecule has 1 fully saturated rings. The second kappa shape index (κ2) is 2.78. The Hall–Kier alpha value is -0.250. The number of hydrogen-bond donors (Lipinski definition) is 1. The normalized spacial score (nSPS) is 59.7. The molecule has 0 aromatic rings. The first-order chi connectivity index (χ1) is 7.96. The van der Waals surface area contributed by atoms with Crippen LogP contribution in [-0.4, -0.2) is 19.2 Å². The van der Waals surface area contributed by atoms with Gasteiger partial charge in [0.25, 0.3) is 0 Å². The monoisotopic (exact) mass is 162 g/mol. The van der Waals surface area contributed by atoms with Gasteiger partial charge in [-0.3, -0.25) is 0 Å². The van der Waals surface area contributed by atoms with Crippen LogP contribution >= 0.6 is 0 Å². The quantitative estimate of drug-likeness (QED) is 0.570. The fourth-order valence-corrected chi connectivity index (χ4v) is 0.392. The van der Waals surface area contributed by atoms with Crippen LogP contribution in [0.15, 0.2) is 0 Å². The molecule has 60 valence electrons. The minimum absolute atomic E-state index is 1.24. The van der Waals surface area contributed by atoms with E-state index >= 15 is 0 Å². The standard InChI is InChI=1S/C6H10F3N/c7-6(8,9)5-1-3-10-4-2-5/h5,10H,1-4H2/i1D2,2D2,3D2,4D2,5D. The fraction of sp³-hybridized carbons (Fsp3) is 1.00. The molecule has 1 aliphatic heterocycles. The minimum Gasteiger partial charge on any atom is -0.317 e. The maximum Gasteiger partial charge on any atom is 0.391 e. The summed E-state index contributed by atoms with van der Waals surface area (Å²) >= 11 is 0. The summed E-state index contributed by atoms with van der Waals surface area (Å²) in [5.41, 5.74) is 0. The largest absolute Gasteiger partial charge is 0.391 e. The Kier molecular flexibility index (Phi) is 0.590. The van der Waals surface area contributed by atoms with E-state index in [1.165, 1.54) is 5.32 Å². The first-order valence-corrected chi connectivity index (χ1v) is 2.32. The number of piperidine rings is 1. The molecule has 0 atom stereocenters. The molecular formula is C6H10F3N. The van der Waals surface area contributed by atoms with E-state index in [0.717, 1.165) is 0 Å². The lowest BCUT2D eigenvalue weighted by Crippen LogP contribution is -2.35. The van der Waals surface area contributed by atoms with Crippen LogP contribution in [0.2, 0.25) is 0 Å². The Labute approximate surface area is 70.2 Å². The van der Waals surface area contributed by atoms with Crippen LogP contribution in [0, 0.1) is 5.89 Å². The van der Waals surface area contributed by atoms with Crippen LogP contribution in [0.1, 0.15) is 25.1 Å². The van der Waals surface area contributed by atoms with Gasteiger partial charge in [0.2, 0.25) is 0 Å². The van der Waals surface area contributed by atoms with Crippen molar-refractivity contribution in [3.63, 3.8) is 0 Å². The van der Waals surface area contributed by atoms with Crippen molar-refractivity contribution in [1.82, 2.24) is 5.32 Å². The van der Waals surface area contributed by atoms with Crippen LogP contribution in [0.5, 0.6) is 0 Å². The average molecular weight is 162 g/mol. The highest BCUT2D eigenvalue weighted by Gasteiger charge is 2.39. The molecule has 1 aliphatic rings. The topological polar surface area (TPSA) is 12.0 Å². The molecule has 10 heavy (non-hydrogen) atoms. The van der Waals surface area contributed by atoms with Crippen molar-refractivity contribution >= 4 is 0 Å². The third-order valence-corrected chi connectivity index (χ3v) is 0.783. The highest BCUT2D eigenvalue weighted by atomic mass is 19.4. The lowest BCUT2D eigenvalue weighted by atomic mass is 9.98. The second-order valence-corrected chi connectivity index (χ2v) is 1.50. The Bertz CT molecular complexity index is 364. The van der Waals surface area contributed by atoms with Crippen LogP contribution in [-0.2, 0) is 0 Å². The minimum atomic E-state index is -5.82. The van der Waals surface area contributed by atoms with Gasteiger partial charge in [-0.1, -0.05) is 0 Å². The maximum absolute atomic E-state index is 13.0. The Balaban J connectivity index is 3.70. The number of halogens is 3. The molecule has 1 rings (SSSR count). The van der Waals surface area contributed by atoms with E-state index in [1.54, 1.807) is 0 Å². The maximum atomic E-state index is 13.0. The predicted molar refractivity (Wildman–Crippen MR) is 31.6 cm³/mol. The molecule has 4 heteroatoms. The van der Waals surface area contributed by atoms with Gasteiger partial charge in [0, 0.05) is 12.3 Å². The van der Waals surface area contributed by atoms with Crippen LogP contribution < -0.4 is 5.32 Å². The Morgan fingerprint density at radius 3 is 2.30 bits per heavy atom. The number of alkyl halides is 3. The molecule has 1 N–H and O–H groups in total. The third kappa shape index (κ3) is 1.87. The molecule has 0 radical (unpaired) electrons. The van der Waals surface area contributed by atoms with E-state index in [4.69, 9.17) is 12.3 Å². The van der Waals surface area contributed by atoms with E-state index in [9.17, 15) is 13.2 Å². The predicted octanol–water partition coefficient (Wildman–Crippen LogP) is 1.55. The van der Waals surface area contributed by atoms with Gasteiger partial charge in [0.05, 0.1) is 5.89 Å². The first kappa shape index (κ1) is 2.12. The van der Waals surface area contributed by atoms with Crippen molar-refractivity contribution in [3.8, 4) is 0 Å². The van der Waals surface area contributed by atoms with Gasteiger partial charge in [-0.2, -0.15) is 13.2 Å². The molecule has 0 saturated carbocycles. The van der Waals surface area contributed by atoms with Crippen LogP contribution in [0.4, 0.5) is 13.2 Å². The van der Waals surface area contributed by atoms with Gasteiger partial charge in [-0.15, -0.1) is 0 Å². The average Bonchev–Trinajstić information content (AvgIpc) is 2.10. The van der Waals surface area contributed by atoms with E-state index in [1.807, 2.05) is 0 Å². The van der Waals surface area contributed by atoms with Crippen molar-refractivity contribution in [2.45, 2.75) is 18.9 Å². The summed E-state index contributed by atoms with van der Waals surface area (Å²) in [6, 6.07) is 0. The highest BCUT2D eigenvalue weighted by molar-refractivity contribution is 4.73. The zero-order chi connectivity index (χ0) is 15.7. The molecule has 0 aromatic heterocycles. The lowest BCUT2D eigenvalue weighted by molar-refractivity contribution is -0.180. The summed E-state index contributed by atoms with van der Waals surface area (Å²) in [7, 11) is 0. The van der Waals surface area contributed by atoms with Gasteiger partial charge in [0.1, 0.15) is 0 Å². The number of nitrogens with one attached hydrogen (secondary N) is 1. The van der Waals surface area contributed by atoms with E-state index < -0.39 is 37.8 Å². The molecule has 1 nitrogen and oxygen atoms in total. The molecule has 0 aromatic carbocycles. The zero-order valence-electron chi connectivity index (χ0n) is 13.6. The van der Waals surface area contributed by atoms with Gasteiger partial charge >= 0.3 is 6.18 Å². The second-order valence-electron chi connectivity index (χ2n) is 1.50. The van der Waals surface area contributed by atoms with Crippen molar-refractivity contribution in [3.05, 3.63) is 0 Å². The number of hydrogen-bond acceptors (Lipinski definition) is 1. The van der Waals surface area contributed by atoms with E-state index in [0.29, 0.717) is 0 Å². The summed E-state index contributed by atoms with van der Waals surface area (Å²) in [5, 5.41) is 1.24. The fourth-order valence-electron chi connectivity index (χ4n) is 0.392. The smallest absolute Gasteiger partial charge is 0.317 e. The van der Waals surface area contributed by atoms with E-state index in [2.05, 4.69) is 0 Å². The lowest BCUT2D eigenvalue weighted by Gasteiger charge is -2.24. The zero-order valence-corrected chi connectivity index (χ0v) is 4.63. The van der Waals surface area contributed by atoms with Crippen molar-refractivity contribution in [2.24, 2.45) is 5.89 Å². The van der Waals surface area contributed by atoms with Crippen LogP contribution in [0.3, 0.4) is 0 Å². The molecule has 0 bridgehead atoms. The molecule has 1 heterocycles. The third-order valence-electron chi connectivity index (χ3n) is 0.783. The molecule has 0 amide bonds. The van der Waals surface area contributed by atoms with Crippen LogP contribution in [0.25, 0.3) is 0 Å². The Morgan fingerprint density at radius 1 is 1.40 bits per heavy atom. The molecular weight excluding hydrogens is 143 g/mol.